The minimum atomic E-state index is -0.311. The summed E-state index contributed by atoms with van der Waals surface area (Å²) in [5.74, 6) is 0.416. The number of carbonyl (C=O) groups excluding carboxylic acids is 1. The number of hydrogen-bond donors (Lipinski definition) is 0. The fourth-order valence-electron chi connectivity index (χ4n) is 4.75. The fourth-order valence-corrected chi connectivity index (χ4v) is 4.75. The van der Waals surface area contributed by atoms with Crippen molar-refractivity contribution in [1.29, 1.82) is 0 Å². The van der Waals surface area contributed by atoms with Crippen molar-refractivity contribution in [3.63, 3.8) is 0 Å². The second-order valence-electron chi connectivity index (χ2n) is 6.53. The first kappa shape index (κ1) is 12.7. The molecule has 0 aromatic carbocycles. The third-order valence-electron chi connectivity index (χ3n) is 5.72. The molecule has 0 spiro atoms. The standard InChI is InChI=1S/C15H24O2/c1-6-12(16)17-15(7-2)13(3,4)11-8-9-14(15,5)10-11/h6,11H,1,7-10H2,2-5H3. The van der Waals surface area contributed by atoms with Crippen LogP contribution in [0.5, 0.6) is 0 Å². The molecule has 0 N–H and O–H groups in total. The van der Waals surface area contributed by atoms with E-state index in [1.54, 1.807) is 0 Å². The lowest BCUT2D eigenvalue weighted by Gasteiger charge is -2.52. The number of carbonyl (C=O) groups is 1. The van der Waals surface area contributed by atoms with Gasteiger partial charge >= 0.3 is 5.97 Å². The number of rotatable bonds is 3. The number of fused-ring (bicyclic) bond motifs is 2. The predicted octanol–water partition coefficient (Wildman–Crippen LogP) is 3.71. The normalized spacial score (nSPS) is 42.5. The summed E-state index contributed by atoms with van der Waals surface area (Å²) in [6.45, 7) is 12.5. The second-order valence-corrected chi connectivity index (χ2v) is 6.53. The van der Waals surface area contributed by atoms with Crippen LogP contribution >= 0.6 is 0 Å². The van der Waals surface area contributed by atoms with E-state index >= 15 is 0 Å². The quantitative estimate of drug-likeness (QED) is 0.551. The molecule has 0 radical (unpaired) electrons. The van der Waals surface area contributed by atoms with Crippen LogP contribution in [0.1, 0.15) is 53.4 Å². The van der Waals surface area contributed by atoms with Gasteiger partial charge in [-0.25, -0.2) is 4.79 Å². The molecule has 96 valence electrons. The van der Waals surface area contributed by atoms with Crippen molar-refractivity contribution in [2.45, 2.75) is 59.0 Å². The molecule has 0 aliphatic heterocycles. The summed E-state index contributed by atoms with van der Waals surface area (Å²) in [6.07, 6.45) is 5.84. The molecule has 2 nitrogen and oxygen atoms in total. The Morgan fingerprint density at radius 3 is 2.53 bits per heavy atom. The van der Waals surface area contributed by atoms with E-state index < -0.39 is 0 Å². The summed E-state index contributed by atoms with van der Waals surface area (Å²) in [5, 5.41) is 0. The molecule has 0 amide bonds. The van der Waals surface area contributed by atoms with Crippen LogP contribution < -0.4 is 0 Å². The average molecular weight is 236 g/mol. The maximum absolute atomic E-state index is 11.7. The van der Waals surface area contributed by atoms with Gasteiger partial charge in [-0.2, -0.15) is 0 Å². The van der Waals surface area contributed by atoms with Crippen LogP contribution in [-0.2, 0) is 9.53 Å². The number of hydrogen-bond acceptors (Lipinski definition) is 2. The summed E-state index contributed by atoms with van der Waals surface area (Å²) >= 11 is 0. The number of ether oxygens (including phenoxy) is 1. The van der Waals surface area contributed by atoms with E-state index in [-0.39, 0.29) is 22.4 Å². The van der Waals surface area contributed by atoms with Crippen molar-refractivity contribution >= 4 is 5.97 Å². The highest BCUT2D eigenvalue weighted by Crippen LogP contribution is 2.70. The molecule has 3 atom stereocenters. The van der Waals surface area contributed by atoms with Gasteiger partial charge in [0.05, 0.1) is 0 Å². The molecule has 0 aromatic heterocycles. The van der Waals surface area contributed by atoms with E-state index in [9.17, 15) is 4.79 Å². The molecular formula is C15H24O2. The lowest BCUT2D eigenvalue weighted by atomic mass is 9.59. The third-order valence-corrected chi connectivity index (χ3v) is 5.72. The summed E-state index contributed by atoms with van der Waals surface area (Å²) in [6, 6.07) is 0. The highest BCUT2D eigenvalue weighted by Gasteiger charge is 2.70. The van der Waals surface area contributed by atoms with Crippen LogP contribution in [0.3, 0.4) is 0 Å². The second kappa shape index (κ2) is 3.60. The first-order valence-electron chi connectivity index (χ1n) is 6.68. The van der Waals surface area contributed by atoms with Crippen molar-refractivity contribution in [2.75, 3.05) is 0 Å². The molecule has 2 bridgehead atoms. The molecular weight excluding hydrogens is 212 g/mol. The molecule has 3 unspecified atom stereocenters. The van der Waals surface area contributed by atoms with Gasteiger partial charge in [0.15, 0.2) is 0 Å². The molecule has 0 heterocycles. The maximum atomic E-state index is 11.7. The van der Waals surface area contributed by atoms with Gasteiger partial charge in [0.1, 0.15) is 5.60 Å². The van der Waals surface area contributed by atoms with Crippen LogP contribution in [0.4, 0.5) is 0 Å². The minimum Gasteiger partial charge on any atom is -0.455 e. The smallest absolute Gasteiger partial charge is 0.330 e. The Labute approximate surface area is 104 Å². The van der Waals surface area contributed by atoms with Crippen LogP contribution in [0, 0.1) is 16.7 Å². The van der Waals surface area contributed by atoms with Crippen molar-refractivity contribution in [3.05, 3.63) is 12.7 Å². The Kier molecular flexibility index (Phi) is 2.68. The molecule has 0 aromatic rings. The average Bonchev–Trinajstić information content (AvgIpc) is 2.74. The summed E-state index contributed by atoms with van der Waals surface area (Å²) < 4.78 is 5.89. The van der Waals surface area contributed by atoms with Gasteiger partial charge in [0.25, 0.3) is 0 Å². The monoisotopic (exact) mass is 236 g/mol. The lowest BCUT2D eigenvalue weighted by molar-refractivity contribution is -0.195. The van der Waals surface area contributed by atoms with Crippen molar-refractivity contribution in [3.8, 4) is 0 Å². The Hall–Kier alpha value is -0.790. The first-order chi connectivity index (χ1) is 7.83. The van der Waals surface area contributed by atoms with E-state index in [4.69, 9.17) is 4.74 Å². The van der Waals surface area contributed by atoms with E-state index in [2.05, 4.69) is 34.3 Å². The SMILES string of the molecule is C=CC(=O)OC1(CC)C2(C)CCC(C2)C1(C)C. The van der Waals surface area contributed by atoms with Crippen molar-refractivity contribution < 1.29 is 9.53 Å². The third kappa shape index (κ3) is 1.36. The van der Waals surface area contributed by atoms with Crippen LogP contribution in [-0.4, -0.2) is 11.6 Å². The highest BCUT2D eigenvalue weighted by molar-refractivity contribution is 5.81. The van der Waals surface area contributed by atoms with Crippen LogP contribution in [0.15, 0.2) is 12.7 Å². The van der Waals surface area contributed by atoms with Gasteiger partial charge in [0.2, 0.25) is 0 Å². The molecule has 2 rings (SSSR count). The zero-order valence-corrected chi connectivity index (χ0v) is 11.5. The van der Waals surface area contributed by atoms with Gasteiger partial charge < -0.3 is 4.74 Å². The minimum absolute atomic E-state index is 0.0768. The Morgan fingerprint density at radius 1 is 1.47 bits per heavy atom. The molecule has 2 fully saturated rings. The molecule has 2 aliphatic carbocycles. The zero-order chi connectivity index (χ0) is 12.9. The van der Waals surface area contributed by atoms with Crippen LogP contribution in [0.25, 0.3) is 0 Å². The van der Waals surface area contributed by atoms with Gasteiger partial charge in [-0.15, -0.1) is 0 Å². The molecule has 17 heavy (non-hydrogen) atoms. The molecule has 0 saturated heterocycles. The fraction of sp³-hybridized carbons (Fsp3) is 0.800. The molecule has 2 heteroatoms. The number of esters is 1. The molecule has 2 saturated carbocycles. The van der Waals surface area contributed by atoms with Gasteiger partial charge in [-0.05, 0) is 31.6 Å². The van der Waals surface area contributed by atoms with Gasteiger partial charge in [-0.3, -0.25) is 0 Å². The lowest BCUT2D eigenvalue weighted by Crippen LogP contribution is -2.56. The largest absolute Gasteiger partial charge is 0.455 e. The van der Waals surface area contributed by atoms with Gasteiger partial charge in [-0.1, -0.05) is 34.3 Å². The molecule has 2 aliphatic rings. The predicted molar refractivity (Wildman–Crippen MR) is 68.5 cm³/mol. The summed E-state index contributed by atoms with van der Waals surface area (Å²) in [7, 11) is 0. The maximum Gasteiger partial charge on any atom is 0.330 e. The Morgan fingerprint density at radius 2 is 2.12 bits per heavy atom. The van der Waals surface area contributed by atoms with Crippen molar-refractivity contribution in [1.82, 2.24) is 0 Å². The zero-order valence-electron chi connectivity index (χ0n) is 11.5. The Bertz CT molecular complexity index is 351. The van der Waals surface area contributed by atoms with Crippen LogP contribution in [0.2, 0.25) is 0 Å². The Balaban J connectivity index is 2.44. The van der Waals surface area contributed by atoms with E-state index in [0.29, 0.717) is 5.92 Å². The first-order valence-corrected chi connectivity index (χ1v) is 6.68. The highest BCUT2D eigenvalue weighted by atomic mass is 16.6. The summed E-state index contributed by atoms with van der Waals surface area (Å²) in [5.41, 5.74) is -0.0871. The van der Waals surface area contributed by atoms with E-state index in [1.165, 1.54) is 25.3 Å². The van der Waals surface area contributed by atoms with Crippen molar-refractivity contribution in [2.24, 2.45) is 16.7 Å². The topological polar surface area (TPSA) is 26.3 Å². The summed E-state index contributed by atoms with van der Waals surface area (Å²) in [4.78, 5) is 11.7. The van der Waals surface area contributed by atoms with E-state index in [0.717, 1.165) is 6.42 Å². The van der Waals surface area contributed by atoms with Gasteiger partial charge in [0, 0.05) is 16.9 Å². The van der Waals surface area contributed by atoms with E-state index in [1.807, 2.05) is 0 Å².